The molecule has 2 aliphatic rings. The molecule has 3 amide bonds. The van der Waals surface area contributed by atoms with Crippen LogP contribution in [0.1, 0.15) is 32.8 Å². The molecule has 0 bridgehead atoms. The third-order valence-corrected chi connectivity index (χ3v) is 4.86. The van der Waals surface area contributed by atoms with Crippen LogP contribution in [0.2, 0.25) is 0 Å². The average molecular weight is 366 g/mol. The number of benzene rings is 1. The van der Waals surface area contributed by atoms with Gasteiger partial charge in [0.1, 0.15) is 5.60 Å². The summed E-state index contributed by atoms with van der Waals surface area (Å²) in [5.41, 5.74) is 0.179. The predicted molar refractivity (Wildman–Crippen MR) is 95.1 cm³/mol. The Bertz CT molecular complexity index is 653. The van der Waals surface area contributed by atoms with Crippen molar-refractivity contribution in [2.45, 2.75) is 44.9 Å². The average Bonchev–Trinajstić information content (AvgIpc) is 2.43. The van der Waals surface area contributed by atoms with Crippen molar-refractivity contribution in [3.8, 4) is 0 Å². The van der Waals surface area contributed by atoms with E-state index in [-0.39, 0.29) is 17.7 Å². The van der Waals surface area contributed by atoms with Gasteiger partial charge in [-0.25, -0.2) is 14.0 Å². The molecule has 3 rings (SSSR count). The molecule has 2 saturated heterocycles. The van der Waals surface area contributed by atoms with Crippen molar-refractivity contribution < 1.29 is 14.3 Å². The van der Waals surface area contributed by atoms with Crippen molar-refractivity contribution in [2.75, 3.05) is 19.6 Å². The molecular weight excluding hydrogens is 342 g/mol. The SMILES string of the molecule is CC(C)(C)OC(=O)N1CCC12CN(C(=O)N(Cl)Cc1ccccc1)C2. The highest BCUT2D eigenvalue weighted by Crippen LogP contribution is 2.40. The molecule has 0 radical (unpaired) electrons. The van der Waals surface area contributed by atoms with Crippen LogP contribution >= 0.6 is 11.8 Å². The minimum absolute atomic E-state index is 0.229. The van der Waals surface area contributed by atoms with Gasteiger partial charge >= 0.3 is 12.1 Å². The Labute approximate surface area is 153 Å². The summed E-state index contributed by atoms with van der Waals surface area (Å²) in [6.45, 7) is 7.58. The van der Waals surface area contributed by atoms with Crippen LogP contribution in [0, 0.1) is 0 Å². The highest BCUT2D eigenvalue weighted by atomic mass is 35.5. The lowest BCUT2D eigenvalue weighted by Gasteiger charge is -2.61. The highest BCUT2D eigenvalue weighted by Gasteiger charge is 2.58. The summed E-state index contributed by atoms with van der Waals surface area (Å²) in [6, 6.07) is 9.37. The smallest absolute Gasteiger partial charge is 0.410 e. The van der Waals surface area contributed by atoms with Crippen LogP contribution in [-0.4, -0.2) is 57.1 Å². The van der Waals surface area contributed by atoms with E-state index >= 15 is 0 Å². The van der Waals surface area contributed by atoms with Crippen LogP contribution in [0.15, 0.2) is 30.3 Å². The zero-order valence-corrected chi connectivity index (χ0v) is 15.6. The molecule has 136 valence electrons. The lowest BCUT2D eigenvalue weighted by molar-refractivity contribution is -0.105. The molecular formula is C18H24ClN3O3. The second-order valence-corrected chi connectivity index (χ2v) is 8.16. The molecule has 0 atom stereocenters. The molecule has 2 fully saturated rings. The number of halogens is 1. The fourth-order valence-corrected chi connectivity index (χ4v) is 3.48. The number of urea groups is 1. The van der Waals surface area contributed by atoms with Crippen molar-refractivity contribution in [2.24, 2.45) is 0 Å². The summed E-state index contributed by atoms with van der Waals surface area (Å²) in [6.07, 6.45) is 0.578. The Morgan fingerprint density at radius 3 is 2.40 bits per heavy atom. The van der Waals surface area contributed by atoms with E-state index < -0.39 is 5.60 Å². The minimum Gasteiger partial charge on any atom is -0.444 e. The highest BCUT2D eigenvalue weighted by molar-refractivity contribution is 6.20. The topological polar surface area (TPSA) is 53.1 Å². The molecule has 7 heteroatoms. The Morgan fingerprint density at radius 1 is 1.24 bits per heavy atom. The standard InChI is InChI=1S/C18H24ClN3O3/c1-17(2,3)25-16(24)21-10-9-18(21)12-20(13-18)15(23)22(19)11-14-7-5-4-6-8-14/h4-8H,9-13H2,1-3H3. The van der Waals surface area contributed by atoms with Gasteiger partial charge in [-0.2, -0.15) is 0 Å². The third-order valence-electron chi connectivity index (χ3n) is 4.60. The van der Waals surface area contributed by atoms with Crippen molar-refractivity contribution >= 4 is 23.9 Å². The van der Waals surface area contributed by atoms with Gasteiger partial charge in [-0.1, -0.05) is 30.3 Å². The van der Waals surface area contributed by atoms with E-state index in [4.69, 9.17) is 16.5 Å². The van der Waals surface area contributed by atoms with E-state index in [1.54, 1.807) is 9.80 Å². The van der Waals surface area contributed by atoms with E-state index in [2.05, 4.69) is 0 Å². The summed E-state index contributed by atoms with van der Waals surface area (Å²) in [5, 5.41) is 0. The molecule has 2 heterocycles. The normalized spacial score (nSPS) is 18.4. The van der Waals surface area contributed by atoms with E-state index in [0.29, 0.717) is 26.2 Å². The van der Waals surface area contributed by atoms with Crippen LogP contribution in [0.4, 0.5) is 9.59 Å². The van der Waals surface area contributed by atoms with E-state index in [9.17, 15) is 9.59 Å². The quantitative estimate of drug-likeness (QED) is 0.754. The molecule has 0 N–H and O–H groups in total. The summed E-state index contributed by atoms with van der Waals surface area (Å²) in [4.78, 5) is 28.1. The number of hydrogen-bond acceptors (Lipinski definition) is 3. The molecule has 0 unspecified atom stereocenters. The van der Waals surface area contributed by atoms with Crippen molar-refractivity contribution in [3.63, 3.8) is 0 Å². The van der Waals surface area contributed by atoms with Crippen LogP contribution in [-0.2, 0) is 11.3 Å². The fourth-order valence-electron chi connectivity index (χ4n) is 3.23. The molecule has 6 nitrogen and oxygen atoms in total. The van der Waals surface area contributed by atoms with E-state index in [1.807, 2.05) is 51.1 Å². The Balaban J connectivity index is 1.53. The summed E-state index contributed by atoms with van der Waals surface area (Å²) >= 11 is 6.15. The molecule has 1 spiro atoms. The van der Waals surface area contributed by atoms with Gasteiger partial charge in [-0.3, -0.25) is 4.90 Å². The van der Waals surface area contributed by atoms with Gasteiger partial charge in [0.15, 0.2) is 0 Å². The lowest BCUT2D eigenvalue weighted by Crippen LogP contribution is -2.79. The molecule has 1 aromatic carbocycles. The number of nitrogens with zero attached hydrogens (tertiary/aromatic N) is 3. The molecule has 25 heavy (non-hydrogen) atoms. The number of carbonyl (C=O) groups excluding carboxylic acids is 2. The molecule has 2 aliphatic heterocycles. The minimum atomic E-state index is -0.518. The summed E-state index contributed by atoms with van der Waals surface area (Å²) in [7, 11) is 0. The molecule has 0 aromatic heterocycles. The van der Waals surface area contributed by atoms with Gasteiger partial charge in [0.25, 0.3) is 0 Å². The Morgan fingerprint density at radius 2 is 1.88 bits per heavy atom. The number of likely N-dealkylation sites (tertiary alicyclic amines) is 2. The van der Waals surface area contributed by atoms with Gasteiger partial charge in [-0.05, 0) is 32.8 Å². The zero-order valence-electron chi connectivity index (χ0n) is 14.9. The van der Waals surface area contributed by atoms with Gasteiger partial charge in [-0.15, -0.1) is 0 Å². The molecule has 0 saturated carbocycles. The van der Waals surface area contributed by atoms with Gasteiger partial charge in [0.05, 0.1) is 12.1 Å². The van der Waals surface area contributed by atoms with Crippen molar-refractivity contribution in [3.05, 3.63) is 35.9 Å². The van der Waals surface area contributed by atoms with Gasteiger partial charge in [0.2, 0.25) is 0 Å². The molecule has 0 aliphatic carbocycles. The zero-order chi connectivity index (χ0) is 18.2. The number of amides is 3. The predicted octanol–water partition coefficient (Wildman–Crippen LogP) is 3.46. The Kier molecular flexibility index (Phi) is 4.58. The number of rotatable bonds is 2. The van der Waals surface area contributed by atoms with Crippen LogP contribution in [0.3, 0.4) is 0 Å². The molecule has 1 aromatic rings. The van der Waals surface area contributed by atoms with Crippen LogP contribution in [0.25, 0.3) is 0 Å². The van der Waals surface area contributed by atoms with Crippen molar-refractivity contribution in [1.29, 1.82) is 0 Å². The maximum Gasteiger partial charge on any atom is 0.410 e. The first-order valence-electron chi connectivity index (χ1n) is 8.47. The van der Waals surface area contributed by atoms with E-state index in [1.165, 1.54) is 4.42 Å². The lowest BCUT2D eigenvalue weighted by atomic mass is 9.78. The second-order valence-electron chi connectivity index (χ2n) is 7.75. The van der Waals surface area contributed by atoms with Crippen LogP contribution in [0.5, 0.6) is 0 Å². The first-order chi connectivity index (χ1) is 11.7. The van der Waals surface area contributed by atoms with Crippen LogP contribution < -0.4 is 0 Å². The van der Waals surface area contributed by atoms with Gasteiger partial charge < -0.3 is 9.64 Å². The number of carbonyl (C=O) groups is 2. The maximum atomic E-state index is 12.4. The third kappa shape index (κ3) is 3.68. The Hall–Kier alpha value is -1.95. The maximum absolute atomic E-state index is 12.4. The summed E-state index contributed by atoms with van der Waals surface area (Å²) in [5.74, 6) is 0. The summed E-state index contributed by atoms with van der Waals surface area (Å²) < 4.78 is 6.64. The first kappa shape index (κ1) is 17.9. The largest absolute Gasteiger partial charge is 0.444 e. The fraction of sp³-hybridized carbons (Fsp3) is 0.556. The monoisotopic (exact) mass is 365 g/mol. The second kappa shape index (κ2) is 6.41. The number of hydrogen-bond donors (Lipinski definition) is 0. The first-order valence-corrected chi connectivity index (χ1v) is 8.81. The van der Waals surface area contributed by atoms with Crippen molar-refractivity contribution in [1.82, 2.24) is 14.2 Å². The van der Waals surface area contributed by atoms with Gasteiger partial charge in [0, 0.05) is 31.4 Å². The number of ether oxygens (including phenoxy) is 1. The van der Waals surface area contributed by atoms with E-state index in [0.717, 1.165) is 12.0 Å².